The van der Waals surface area contributed by atoms with E-state index in [1.54, 1.807) is 0 Å². The molecule has 5 heteroatoms. The Morgan fingerprint density at radius 2 is 2.29 bits per heavy atom. The van der Waals surface area contributed by atoms with Crippen LogP contribution in [0.25, 0.3) is 0 Å². The maximum absolute atomic E-state index is 9.31. The van der Waals surface area contributed by atoms with E-state index < -0.39 is 5.96 Å². The van der Waals surface area contributed by atoms with E-state index in [9.17, 15) is 9.70 Å². The summed E-state index contributed by atoms with van der Waals surface area (Å²) in [5.74, 6) is -0.546. The molecule has 0 aromatic heterocycles. The first-order valence-corrected chi connectivity index (χ1v) is 1.41. The van der Waals surface area contributed by atoms with Crippen molar-refractivity contribution in [3.63, 3.8) is 0 Å². The van der Waals surface area contributed by atoms with Gasteiger partial charge in [-0.3, -0.25) is 4.79 Å². The molecule has 0 rings (SSSR count). The van der Waals surface area contributed by atoms with Crippen LogP contribution in [-0.4, -0.2) is 12.4 Å². The predicted molar refractivity (Wildman–Crippen MR) is 23.5 cm³/mol. The molecule has 0 heterocycles. The molecule has 1 amide bonds. The molecule has 0 aliphatic carbocycles. The summed E-state index contributed by atoms with van der Waals surface area (Å²) in [5.41, 5.74) is 4.62. The van der Waals surface area contributed by atoms with Gasteiger partial charge >= 0.3 is 0 Å². The van der Waals surface area contributed by atoms with Crippen molar-refractivity contribution in [3.05, 3.63) is 4.91 Å². The third-order valence-electron chi connectivity index (χ3n) is 0.279. The first-order chi connectivity index (χ1) is 3.31. The van der Waals surface area contributed by atoms with Crippen LogP contribution >= 0.6 is 0 Å². The normalized spacial score (nSPS) is 10.6. The molecule has 7 heavy (non-hydrogen) atoms. The molecule has 0 atom stereocenters. The number of hydrogen-bond acceptors (Lipinski definition) is 2. The molecule has 0 spiro atoms. The van der Waals surface area contributed by atoms with Crippen molar-refractivity contribution >= 4 is 12.4 Å². The first kappa shape index (κ1) is 5.74. The third-order valence-corrected chi connectivity index (χ3v) is 0.279. The number of amides is 1. The molecule has 2 N–H and O–H groups in total. The minimum atomic E-state index is -0.546. The van der Waals surface area contributed by atoms with Gasteiger partial charge in [-0.2, -0.15) is 4.99 Å². The smallest absolute Gasteiger partial charge is 0.265 e. The summed E-state index contributed by atoms with van der Waals surface area (Å²) in [6.45, 7) is 0. The zero-order valence-electron chi connectivity index (χ0n) is 3.37. The Morgan fingerprint density at radius 3 is 2.43 bits per heavy atom. The first-order valence-electron chi connectivity index (χ1n) is 1.41. The summed E-state index contributed by atoms with van der Waals surface area (Å²) in [7, 11) is 0. The maximum atomic E-state index is 9.31. The van der Waals surface area contributed by atoms with Gasteiger partial charge in [0.1, 0.15) is 0 Å². The van der Waals surface area contributed by atoms with Gasteiger partial charge < -0.3 is 5.73 Å². The van der Waals surface area contributed by atoms with Gasteiger partial charge in [-0.05, 0) is 0 Å². The average molecular weight is 101 g/mol. The molecule has 38 valence electrons. The summed E-state index contributed by atoms with van der Waals surface area (Å²) in [4.78, 5) is 21.3. The number of nitrogens with two attached hydrogens (primary N) is 1. The van der Waals surface area contributed by atoms with Crippen molar-refractivity contribution in [1.82, 2.24) is 0 Å². The molecule has 0 radical (unpaired) electrons. The zero-order chi connectivity index (χ0) is 5.70. The van der Waals surface area contributed by atoms with Crippen LogP contribution in [-0.2, 0) is 4.79 Å². The number of guanidine groups is 1. The molecular weight excluding hydrogens is 98.0 g/mol. The second-order valence-corrected chi connectivity index (χ2v) is 0.684. The monoisotopic (exact) mass is 101 g/mol. The van der Waals surface area contributed by atoms with Crippen LogP contribution in [0.4, 0.5) is 0 Å². The van der Waals surface area contributed by atoms with Gasteiger partial charge in [0.15, 0.2) is 0 Å². The molecule has 0 bridgehead atoms. The van der Waals surface area contributed by atoms with Gasteiger partial charge in [0.05, 0.1) is 0 Å². The Kier molecular flexibility index (Phi) is 2.42. The van der Waals surface area contributed by atoms with Crippen molar-refractivity contribution in [1.29, 1.82) is 0 Å². The molecule has 0 aromatic rings. The molecule has 0 aliphatic heterocycles. The van der Waals surface area contributed by atoms with Gasteiger partial charge in [-0.15, -0.1) is 4.91 Å². The van der Waals surface area contributed by atoms with E-state index in [1.807, 2.05) is 0 Å². The number of carbonyl (C=O) groups excluding carboxylic acids is 1. The Labute approximate surface area is 39.2 Å². The SMILES string of the molecule is NC(N=O)=NC=O. The largest absolute Gasteiger partial charge is 0.365 e. The van der Waals surface area contributed by atoms with Crippen LogP contribution in [0.5, 0.6) is 0 Å². The van der Waals surface area contributed by atoms with E-state index >= 15 is 0 Å². The lowest BCUT2D eigenvalue weighted by molar-refractivity contribution is -0.106. The summed E-state index contributed by atoms with van der Waals surface area (Å²) >= 11 is 0. The van der Waals surface area contributed by atoms with E-state index in [1.165, 1.54) is 0 Å². The molecular formula is C2H3N3O2. The fourth-order valence-electron chi connectivity index (χ4n) is 0.0776. The lowest BCUT2D eigenvalue weighted by Crippen LogP contribution is -2.06. The minimum Gasteiger partial charge on any atom is -0.365 e. The second kappa shape index (κ2) is 2.95. The van der Waals surface area contributed by atoms with E-state index in [4.69, 9.17) is 0 Å². The van der Waals surface area contributed by atoms with Gasteiger partial charge in [0.25, 0.3) is 5.96 Å². The zero-order valence-corrected chi connectivity index (χ0v) is 3.37. The topological polar surface area (TPSA) is 84.9 Å². The van der Waals surface area contributed by atoms with Crippen molar-refractivity contribution in [2.75, 3.05) is 0 Å². The van der Waals surface area contributed by atoms with Crippen molar-refractivity contribution < 1.29 is 4.79 Å². The molecule has 0 unspecified atom stereocenters. The number of nitroso groups, excluding NO2 is 1. The molecule has 5 nitrogen and oxygen atoms in total. The number of carbonyl (C=O) groups is 1. The molecule has 0 saturated heterocycles. The quantitative estimate of drug-likeness (QED) is 0.203. The van der Waals surface area contributed by atoms with Crippen LogP contribution in [0.3, 0.4) is 0 Å². The molecule has 0 fully saturated rings. The van der Waals surface area contributed by atoms with Crippen LogP contribution < -0.4 is 5.73 Å². The second-order valence-electron chi connectivity index (χ2n) is 0.684. The van der Waals surface area contributed by atoms with E-state index in [-0.39, 0.29) is 6.41 Å². The lowest BCUT2D eigenvalue weighted by atomic mass is 11.0. The van der Waals surface area contributed by atoms with Gasteiger partial charge in [-0.25, -0.2) is 0 Å². The molecule has 0 saturated carbocycles. The van der Waals surface area contributed by atoms with Gasteiger partial charge in [0, 0.05) is 5.18 Å². The van der Waals surface area contributed by atoms with Crippen molar-refractivity contribution in [2.24, 2.45) is 15.9 Å². The third kappa shape index (κ3) is 2.54. The van der Waals surface area contributed by atoms with Crippen LogP contribution in [0.2, 0.25) is 0 Å². The summed E-state index contributed by atoms with van der Waals surface area (Å²) in [6, 6.07) is 0. The Hall–Kier alpha value is -1.26. The fourth-order valence-corrected chi connectivity index (χ4v) is 0.0776. The number of rotatable bonds is 1. The van der Waals surface area contributed by atoms with Crippen molar-refractivity contribution in [3.8, 4) is 0 Å². The maximum Gasteiger partial charge on any atom is 0.265 e. The standard InChI is InChI=1S/C2H3N3O2/c3-2(5-7)4-1-6/h1H,(H2,3,4,6). The summed E-state index contributed by atoms with van der Waals surface area (Å²) in [6.07, 6.45) is 0.150. The van der Waals surface area contributed by atoms with E-state index in [0.29, 0.717) is 0 Å². The van der Waals surface area contributed by atoms with Gasteiger partial charge in [0.2, 0.25) is 6.41 Å². The highest BCUT2D eigenvalue weighted by Gasteiger charge is 1.80. The van der Waals surface area contributed by atoms with E-state index in [2.05, 4.69) is 15.9 Å². The molecule has 0 aromatic carbocycles. The van der Waals surface area contributed by atoms with Crippen LogP contribution in [0.15, 0.2) is 10.2 Å². The van der Waals surface area contributed by atoms with Crippen LogP contribution in [0.1, 0.15) is 0 Å². The van der Waals surface area contributed by atoms with E-state index in [0.717, 1.165) is 0 Å². The Bertz CT molecular complexity index is 108. The summed E-state index contributed by atoms with van der Waals surface area (Å²) in [5, 5.41) is 2.12. The average Bonchev–Trinajstić information content (AvgIpc) is 1.68. The number of aliphatic imine (C=N–C) groups is 1. The molecule has 0 aliphatic rings. The highest BCUT2D eigenvalue weighted by atomic mass is 16.3. The number of nitrogens with zero attached hydrogens (tertiary/aromatic N) is 2. The highest BCUT2D eigenvalue weighted by Crippen LogP contribution is 1.62. The highest BCUT2D eigenvalue weighted by molar-refractivity contribution is 5.84. The minimum absolute atomic E-state index is 0.150. The fraction of sp³-hybridized carbons (Fsp3) is 0. The van der Waals surface area contributed by atoms with Gasteiger partial charge in [-0.1, -0.05) is 0 Å². The Balaban J connectivity index is 3.72. The number of hydrogen-bond donors (Lipinski definition) is 1. The predicted octanol–water partition coefficient (Wildman–Crippen LogP) is -0.776. The lowest BCUT2D eigenvalue weighted by Gasteiger charge is -1.72. The van der Waals surface area contributed by atoms with Crippen molar-refractivity contribution in [2.45, 2.75) is 0 Å². The Morgan fingerprint density at radius 1 is 1.71 bits per heavy atom. The van der Waals surface area contributed by atoms with Crippen LogP contribution in [0, 0.1) is 4.91 Å². The summed E-state index contributed by atoms with van der Waals surface area (Å²) < 4.78 is 0.